The molecule has 0 bridgehead atoms. The van der Waals surface area contributed by atoms with Crippen molar-refractivity contribution in [3.05, 3.63) is 41.5 Å². The average Bonchev–Trinajstić information content (AvgIpc) is 3.58. The van der Waals surface area contributed by atoms with E-state index in [-0.39, 0.29) is 42.8 Å². The number of esters is 1. The van der Waals surface area contributed by atoms with Crippen LogP contribution in [-0.4, -0.2) is 71.5 Å². The van der Waals surface area contributed by atoms with Gasteiger partial charge >= 0.3 is 5.97 Å². The number of hydrogen-bond acceptors (Lipinski definition) is 11. The predicted molar refractivity (Wildman–Crippen MR) is 121 cm³/mol. The van der Waals surface area contributed by atoms with Crippen LogP contribution in [0.2, 0.25) is 0 Å². The quantitative estimate of drug-likeness (QED) is 0.378. The number of hydrogen-bond donors (Lipinski definition) is 4. The molecular formula is C25H22O11. The van der Waals surface area contributed by atoms with Crippen LogP contribution in [0.15, 0.2) is 30.3 Å². The standard InChI is InChI=1S/C25H22O11/c1-31-17-6-13-12(5-15(17)27)19(11-2-3-16-18(4-11)35-10-34-16)20-14(7-32-23(20)29)21(13)36-24-22(28)25(30,8-26)9-33-24/h2-6,22,24,26-28,30H,7-10H2,1H3. The Balaban J connectivity index is 1.60. The van der Waals surface area contributed by atoms with Crippen molar-refractivity contribution in [3.63, 3.8) is 0 Å². The molecule has 3 aromatic rings. The summed E-state index contributed by atoms with van der Waals surface area (Å²) in [5.41, 5.74) is -0.208. The fraction of sp³-hybridized carbons (Fsp3) is 0.320. The molecule has 3 heterocycles. The zero-order valence-corrected chi connectivity index (χ0v) is 19.0. The number of aromatic hydroxyl groups is 1. The smallest absolute Gasteiger partial charge is 0.339 e. The minimum absolute atomic E-state index is 0.0777. The lowest BCUT2D eigenvalue weighted by Crippen LogP contribution is -2.48. The number of rotatable bonds is 5. The summed E-state index contributed by atoms with van der Waals surface area (Å²) in [5.74, 6) is 0.601. The molecule has 11 nitrogen and oxygen atoms in total. The third kappa shape index (κ3) is 3.24. The summed E-state index contributed by atoms with van der Waals surface area (Å²) in [4.78, 5) is 13.0. The van der Waals surface area contributed by atoms with E-state index in [0.717, 1.165) is 0 Å². The first-order chi connectivity index (χ1) is 17.3. The highest BCUT2D eigenvalue weighted by Crippen LogP contribution is 2.49. The van der Waals surface area contributed by atoms with Crippen molar-refractivity contribution in [2.24, 2.45) is 0 Å². The van der Waals surface area contributed by atoms with Crippen LogP contribution in [0.25, 0.3) is 21.9 Å². The van der Waals surface area contributed by atoms with Crippen molar-refractivity contribution in [2.75, 3.05) is 27.1 Å². The maximum absolute atomic E-state index is 13.0. The molecule has 3 atom stereocenters. The van der Waals surface area contributed by atoms with E-state index in [1.165, 1.54) is 13.2 Å². The summed E-state index contributed by atoms with van der Waals surface area (Å²) in [6, 6.07) is 8.21. The van der Waals surface area contributed by atoms with Crippen LogP contribution in [0.5, 0.6) is 28.7 Å². The Labute approximate surface area is 203 Å². The Bertz CT molecular complexity index is 1400. The van der Waals surface area contributed by atoms with E-state index in [1.807, 2.05) is 0 Å². The maximum Gasteiger partial charge on any atom is 0.339 e. The zero-order chi connectivity index (χ0) is 25.2. The molecule has 0 amide bonds. The Morgan fingerprint density at radius 3 is 2.64 bits per heavy atom. The van der Waals surface area contributed by atoms with Gasteiger partial charge in [0.25, 0.3) is 0 Å². The fourth-order valence-electron chi connectivity index (χ4n) is 4.76. The predicted octanol–water partition coefficient (Wildman–Crippen LogP) is 1.44. The molecule has 0 aliphatic carbocycles. The molecule has 1 saturated heterocycles. The lowest BCUT2D eigenvalue weighted by Gasteiger charge is -2.25. The first-order valence-corrected chi connectivity index (χ1v) is 11.1. The number of fused-ring (bicyclic) bond motifs is 3. The SMILES string of the molecule is COc1cc2c(OC3OCC(O)(CO)C3O)c3c(c(-c4ccc5c(c4)OCO5)c2cc1O)C(=O)OC3. The molecule has 6 rings (SSSR count). The number of aliphatic hydroxyl groups is 3. The van der Waals surface area contributed by atoms with Gasteiger partial charge in [0, 0.05) is 16.5 Å². The van der Waals surface area contributed by atoms with Crippen LogP contribution in [0.4, 0.5) is 0 Å². The number of phenols is 1. The number of ether oxygens (including phenoxy) is 6. The van der Waals surface area contributed by atoms with Gasteiger partial charge in [0.1, 0.15) is 24.1 Å². The number of carbonyl (C=O) groups excluding carboxylic acids is 1. The third-order valence-electron chi connectivity index (χ3n) is 6.69. The van der Waals surface area contributed by atoms with E-state index in [2.05, 4.69) is 0 Å². The van der Waals surface area contributed by atoms with Gasteiger partial charge in [-0.05, 0) is 35.2 Å². The zero-order valence-electron chi connectivity index (χ0n) is 19.0. The molecule has 0 spiro atoms. The summed E-state index contributed by atoms with van der Waals surface area (Å²) >= 11 is 0. The van der Waals surface area contributed by atoms with Crippen molar-refractivity contribution in [1.82, 2.24) is 0 Å². The van der Waals surface area contributed by atoms with E-state index in [1.54, 1.807) is 24.3 Å². The molecule has 188 valence electrons. The lowest BCUT2D eigenvalue weighted by atomic mass is 9.89. The second-order valence-electron chi connectivity index (χ2n) is 8.78. The van der Waals surface area contributed by atoms with Gasteiger partial charge in [-0.25, -0.2) is 4.79 Å². The molecule has 1 fully saturated rings. The van der Waals surface area contributed by atoms with E-state index in [4.69, 9.17) is 28.4 Å². The molecule has 3 aliphatic heterocycles. The van der Waals surface area contributed by atoms with Crippen LogP contribution in [0, 0.1) is 0 Å². The number of carbonyl (C=O) groups is 1. The minimum Gasteiger partial charge on any atom is -0.504 e. The van der Waals surface area contributed by atoms with Crippen molar-refractivity contribution < 1.29 is 53.6 Å². The van der Waals surface area contributed by atoms with Crippen molar-refractivity contribution >= 4 is 16.7 Å². The molecular weight excluding hydrogens is 476 g/mol. The number of methoxy groups -OCH3 is 1. The summed E-state index contributed by atoms with van der Waals surface area (Å²) in [6.45, 7) is -1.13. The van der Waals surface area contributed by atoms with Gasteiger partial charge in [-0.15, -0.1) is 0 Å². The number of phenolic OH excluding ortho intramolecular Hbond substituents is 1. The van der Waals surface area contributed by atoms with Crippen LogP contribution >= 0.6 is 0 Å². The minimum atomic E-state index is -1.90. The van der Waals surface area contributed by atoms with Crippen LogP contribution in [-0.2, 0) is 16.1 Å². The molecule has 0 radical (unpaired) electrons. The molecule has 0 saturated carbocycles. The van der Waals surface area contributed by atoms with Crippen molar-refractivity contribution in [2.45, 2.75) is 24.6 Å². The maximum atomic E-state index is 13.0. The third-order valence-corrected chi connectivity index (χ3v) is 6.69. The van der Waals surface area contributed by atoms with Crippen LogP contribution < -0.4 is 18.9 Å². The number of benzene rings is 3. The highest BCUT2D eigenvalue weighted by atomic mass is 16.7. The first kappa shape index (κ1) is 22.7. The van der Waals surface area contributed by atoms with Gasteiger partial charge in [-0.1, -0.05) is 6.07 Å². The van der Waals surface area contributed by atoms with E-state index in [9.17, 15) is 25.2 Å². The van der Waals surface area contributed by atoms with Crippen molar-refractivity contribution in [1.29, 1.82) is 0 Å². The number of cyclic esters (lactones) is 1. The normalized spacial score (nSPS) is 24.2. The molecule has 3 aliphatic rings. The largest absolute Gasteiger partial charge is 0.504 e. The Kier molecular flexibility index (Phi) is 5.12. The van der Waals surface area contributed by atoms with Crippen LogP contribution in [0.1, 0.15) is 15.9 Å². The van der Waals surface area contributed by atoms with E-state index < -0.39 is 30.6 Å². The Hall–Kier alpha value is -3.77. The van der Waals surface area contributed by atoms with Gasteiger partial charge in [0.05, 0.1) is 25.9 Å². The molecule has 0 aromatic heterocycles. The highest BCUT2D eigenvalue weighted by Gasteiger charge is 2.50. The van der Waals surface area contributed by atoms with Gasteiger partial charge in [0.15, 0.2) is 23.0 Å². The molecule has 3 unspecified atom stereocenters. The molecule has 11 heteroatoms. The lowest BCUT2D eigenvalue weighted by molar-refractivity contribution is -0.115. The monoisotopic (exact) mass is 498 g/mol. The van der Waals surface area contributed by atoms with Gasteiger partial charge in [0.2, 0.25) is 13.1 Å². The summed E-state index contributed by atoms with van der Waals surface area (Å²) in [7, 11) is 1.39. The highest BCUT2D eigenvalue weighted by molar-refractivity contribution is 6.14. The van der Waals surface area contributed by atoms with Gasteiger partial charge in [-0.2, -0.15) is 0 Å². The summed E-state index contributed by atoms with van der Waals surface area (Å²) < 4.78 is 33.1. The topological polar surface area (TPSA) is 153 Å². The van der Waals surface area contributed by atoms with Crippen molar-refractivity contribution in [3.8, 4) is 39.9 Å². The fourth-order valence-corrected chi connectivity index (χ4v) is 4.76. The summed E-state index contributed by atoms with van der Waals surface area (Å²) in [5, 5.41) is 41.9. The molecule has 36 heavy (non-hydrogen) atoms. The summed E-state index contributed by atoms with van der Waals surface area (Å²) in [6.07, 6.45) is -2.92. The van der Waals surface area contributed by atoms with E-state index in [0.29, 0.717) is 39.0 Å². The molecule has 4 N–H and O–H groups in total. The first-order valence-electron chi connectivity index (χ1n) is 11.1. The Morgan fingerprint density at radius 1 is 1.08 bits per heavy atom. The average molecular weight is 498 g/mol. The van der Waals surface area contributed by atoms with Gasteiger partial charge < -0.3 is 48.8 Å². The molecule has 3 aromatic carbocycles. The van der Waals surface area contributed by atoms with E-state index >= 15 is 0 Å². The van der Waals surface area contributed by atoms with Gasteiger partial charge in [-0.3, -0.25) is 0 Å². The second kappa shape index (κ2) is 8.14. The Morgan fingerprint density at radius 2 is 1.89 bits per heavy atom. The van der Waals surface area contributed by atoms with Crippen LogP contribution in [0.3, 0.4) is 0 Å². The second-order valence-corrected chi connectivity index (χ2v) is 8.78. The number of aliphatic hydroxyl groups excluding tert-OH is 2.